The number of benzene rings is 1. The number of para-hydroxylation sites is 1. The number of halogens is 3. The van der Waals surface area contributed by atoms with E-state index in [0.29, 0.717) is 6.07 Å². The van der Waals surface area contributed by atoms with Gasteiger partial charge >= 0.3 is 12.1 Å². The molecule has 3 rings (SSSR count). The molecule has 0 aliphatic heterocycles. The minimum Gasteiger partial charge on any atom is -0.478 e. The molecule has 0 atom stereocenters. The lowest BCUT2D eigenvalue weighted by atomic mass is 10.1. The number of hydrogen-bond acceptors (Lipinski definition) is 4. The standard InChI is InChI=1S/C14H6F3NO4/c15-14(16,17)11-8(13(20)21)5-7-10(19)6-3-1-2-4-9(6)22-12(7)18-11/h1-5H,(H,20,21). The van der Waals surface area contributed by atoms with Crippen molar-refractivity contribution < 1.29 is 27.5 Å². The van der Waals surface area contributed by atoms with Gasteiger partial charge in [0.2, 0.25) is 11.1 Å². The van der Waals surface area contributed by atoms with Crippen LogP contribution in [0.1, 0.15) is 16.1 Å². The van der Waals surface area contributed by atoms with Crippen LogP contribution in [0.2, 0.25) is 0 Å². The highest BCUT2D eigenvalue weighted by Crippen LogP contribution is 2.32. The SMILES string of the molecule is O=C(O)c1cc2c(=O)c3ccccc3oc2nc1C(F)(F)F. The molecule has 1 aromatic carbocycles. The van der Waals surface area contributed by atoms with E-state index in [4.69, 9.17) is 9.52 Å². The van der Waals surface area contributed by atoms with E-state index >= 15 is 0 Å². The van der Waals surface area contributed by atoms with Gasteiger partial charge in [-0.1, -0.05) is 12.1 Å². The fourth-order valence-electron chi connectivity index (χ4n) is 2.11. The minimum absolute atomic E-state index is 0.0729. The molecule has 22 heavy (non-hydrogen) atoms. The number of carboxylic acid groups (broad SMARTS) is 1. The van der Waals surface area contributed by atoms with Crippen molar-refractivity contribution in [1.29, 1.82) is 0 Å². The van der Waals surface area contributed by atoms with Gasteiger partial charge in [0.05, 0.1) is 16.3 Å². The molecule has 0 bridgehead atoms. The van der Waals surface area contributed by atoms with E-state index in [1.807, 2.05) is 0 Å². The van der Waals surface area contributed by atoms with E-state index in [0.717, 1.165) is 0 Å². The van der Waals surface area contributed by atoms with Crippen molar-refractivity contribution in [1.82, 2.24) is 4.98 Å². The second-order valence-corrected chi connectivity index (χ2v) is 4.47. The topological polar surface area (TPSA) is 80.4 Å². The van der Waals surface area contributed by atoms with Crippen LogP contribution in [0.25, 0.3) is 22.1 Å². The van der Waals surface area contributed by atoms with Crippen LogP contribution in [0.15, 0.2) is 39.5 Å². The highest BCUT2D eigenvalue weighted by molar-refractivity contribution is 5.95. The Labute approximate surface area is 119 Å². The van der Waals surface area contributed by atoms with E-state index < -0.39 is 34.5 Å². The number of nitrogens with zero attached hydrogens (tertiary/aromatic N) is 1. The summed E-state index contributed by atoms with van der Waals surface area (Å²) in [6.07, 6.45) is -4.98. The Hall–Kier alpha value is -2.90. The molecule has 0 fully saturated rings. The molecular weight excluding hydrogens is 303 g/mol. The lowest BCUT2D eigenvalue weighted by Crippen LogP contribution is -2.17. The molecule has 3 aromatic rings. The van der Waals surface area contributed by atoms with E-state index in [2.05, 4.69) is 4.98 Å². The van der Waals surface area contributed by atoms with E-state index in [-0.39, 0.29) is 16.4 Å². The van der Waals surface area contributed by atoms with Crippen molar-refractivity contribution in [3.63, 3.8) is 0 Å². The third kappa shape index (κ3) is 2.09. The zero-order chi connectivity index (χ0) is 16.1. The lowest BCUT2D eigenvalue weighted by molar-refractivity contribution is -0.141. The van der Waals surface area contributed by atoms with Crippen molar-refractivity contribution in [3.8, 4) is 0 Å². The Balaban J connectivity index is 2.50. The van der Waals surface area contributed by atoms with Gasteiger partial charge in [-0.3, -0.25) is 4.79 Å². The van der Waals surface area contributed by atoms with Gasteiger partial charge in [-0.15, -0.1) is 0 Å². The number of carboxylic acids is 1. The Morgan fingerprint density at radius 1 is 1.18 bits per heavy atom. The number of hydrogen-bond donors (Lipinski definition) is 1. The first-order valence-electron chi connectivity index (χ1n) is 5.96. The van der Waals surface area contributed by atoms with Gasteiger partial charge < -0.3 is 9.52 Å². The molecule has 1 N–H and O–H groups in total. The first-order chi connectivity index (χ1) is 10.3. The van der Waals surface area contributed by atoms with Gasteiger partial charge in [0.1, 0.15) is 5.58 Å². The van der Waals surface area contributed by atoms with Gasteiger partial charge in [-0.2, -0.15) is 13.2 Å². The van der Waals surface area contributed by atoms with Crippen LogP contribution in [-0.2, 0) is 6.18 Å². The summed E-state index contributed by atoms with van der Waals surface area (Å²) in [4.78, 5) is 26.5. The summed E-state index contributed by atoms with van der Waals surface area (Å²) in [6, 6.07) is 6.59. The molecule has 0 aliphatic rings. The number of fused-ring (bicyclic) bond motifs is 2. The molecule has 0 amide bonds. The number of alkyl halides is 3. The van der Waals surface area contributed by atoms with E-state index in [1.54, 1.807) is 12.1 Å². The van der Waals surface area contributed by atoms with Gasteiger partial charge in [0, 0.05) is 0 Å². The molecule has 0 saturated heterocycles. The zero-order valence-electron chi connectivity index (χ0n) is 10.6. The fourth-order valence-corrected chi connectivity index (χ4v) is 2.11. The summed E-state index contributed by atoms with van der Waals surface area (Å²) in [6.45, 7) is 0. The number of rotatable bonds is 1. The first kappa shape index (κ1) is 14.1. The van der Waals surface area contributed by atoms with Crippen molar-refractivity contribution in [3.05, 3.63) is 51.8 Å². The van der Waals surface area contributed by atoms with Crippen LogP contribution in [0.5, 0.6) is 0 Å². The number of pyridine rings is 1. The van der Waals surface area contributed by atoms with E-state index in [1.165, 1.54) is 12.1 Å². The molecule has 2 heterocycles. The molecule has 5 nitrogen and oxygen atoms in total. The highest BCUT2D eigenvalue weighted by Gasteiger charge is 2.38. The van der Waals surface area contributed by atoms with Crippen molar-refractivity contribution in [2.45, 2.75) is 6.18 Å². The summed E-state index contributed by atoms with van der Waals surface area (Å²) in [5.74, 6) is -1.82. The molecule has 0 spiro atoms. The second-order valence-electron chi connectivity index (χ2n) is 4.47. The van der Waals surface area contributed by atoms with Gasteiger partial charge in [-0.25, -0.2) is 9.78 Å². The molecule has 112 valence electrons. The monoisotopic (exact) mass is 309 g/mol. The average molecular weight is 309 g/mol. The van der Waals surface area contributed by atoms with Crippen LogP contribution in [-0.4, -0.2) is 16.1 Å². The predicted octanol–water partition coefficient (Wildman–Crippen LogP) is 3.06. The van der Waals surface area contributed by atoms with Crippen LogP contribution in [0.3, 0.4) is 0 Å². The summed E-state index contributed by atoms with van der Waals surface area (Å²) < 4.78 is 43.9. The van der Waals surface area contributed by atoms with E-state index in [9.17, 15) is 22.8 Å². The first-order valence-corrected chi connectivity index (χ1v) is 5.96. The Morgan fingerprint density at radius 3 is 2.50 bits per heavy atom. The van der Waals surface area contributed by atoms with Crippen LogP contribution in [0, 0.1) is 0 Å². The Morgan fingerprint density at radius 2 is 1.86 bits per heavy atom. The Kier molecular flexibility index (Phi) is 2.91. The van der Waals surface area contributed by atoms with Crippen LogP contribution >= 0.6 is 0 Å². The average Bonchev–Trinajstić information content (AvgIpc) is 2.45. The third-order valence-corrected chi connectivity index (χ3v) is 3.07. The van der Waals surface area contributed by atoms with Crippen molar-refractivity contribution in [2.24, 2.45) is 0 Å². The minimum atomic E-state index is -4.98. The molecule has 0 unspecified atom stereocenters. The maximum Gasteiger partial charge on any atom is 0.434 e. The molecule has 0 radical (unpaired) electrons. The molecule has 8 heteroatoms. The molecular formula is C14H6F3NO4. The quantitative estimate of drug-likeness (QED) is 0.699. The number of carbonyl (C=O) groups is 1. The fraction of sp³-hybridized carbons (Fsp3) is 0.0714. The molecule has 2 aromatic heterocycles. The Bertz CT molecular complexity index is 975. The maximum absolute atomic E-state index is 12.9. The lowest BCUT2D eigenvalue weighted by Gasteiger charge is -2.10. The summed E-state index contributed by atoms with van der Waals surface area (Å²) in [5, 5.41) is 8.74. The zero-order valence-corrected chi connectivity index (χ0v) is 10.6. The van der Waals surface area contributed by atoms with Crippen LogP contribution < -0.4 is 5.43 Å². The third-order valence-electron chi connectivity index (χ3n) is 3.07. The summed E-state index contributed by atoms with van der Waals surface area (Å²) in [7, 11) is 0. The largest absolute Gasteiger partial charge is 0.478 e. The highest BCUT2D eigenvalue weighted by atomic mass is 19.4. The normalized spacial score (nSPS) is 12.0. The summed E-state index contributed by atoms with van der Waals surface area (Å²) >= 11 is 0. The van der Waals surface area contributed by atoms with Crippen molar-refractivity contribution >= 4 is 28.0 Å². The smallest absolute Gasteiger partial charge is 0.434 e. The van der Waals surface area contributed by atoms with Crippen LogP contribution in [0.4, 0.5) is 13.2 Å². The predicted molar refractivity (Wildman–Crippen MR) is 69.7 cm³/mol. The second kappa shape index (κ2) is 4.55. The van der Waals surface area contributed by atoms with Crippen molar-refractivity contribution in [2.75, 3.05) is 0 Å². The van der Waals surface area contributed by atoms with Gasteiger partial charge in [-0.05, 0) is 18.2 Å². The summed E-state index contributed by atoms with van der Waals surface area (Å²) in [5.41, 5.74) is -3.82. The molecule has 0 aliphatic carbocycles. The number of aromatic carboxylic acids is 1. The van der Waals surface area contributed by atoms with Gasteiger partial charge in [0.25, 0.3) is 0 Å². The van der Waals surface area contributed by atoms with Gasteiger partial charge in [0.15, 0.2) is 5.69 Å². The number of aromatic nitrogens is 1. The maximum atomic E-state index is 12.9. The molecule has 0 saturated carbocycles.